The molecule has 0 heteroatoms. The van der Waals surface area contributed by atoms with Crippen molar-refractivity contribution >= 4 is 172 Å². The summed E-state index contributed by atoms with van der Waals surface area (Å²) in [6.45, 7) is 0. The fourth-order valence-corrected chi connectivity index (χ4v) is 13.2. The summed E-state index contributed by atoms with van der Waals surface area (Å²) in [6.07, 6.45) is 0. The maximum atomic E-state index is 2.60. The van der Waals surface area contributed by atoms with Crippen molar-refractivity contribution in [1.82, 2.24) is 0 Å². The predicted molar refractivity (Wildman–Crippen MR) is 271 cm³/mol. The van der Waals surface area contributed by atoms with E-state index in [0.717, 1.165) is 0 Å². The van der Waals surface area contributed by atoms with Gasteiger partial charge in [0.25, 0.3) is 0 Å². The van der Waals surface area contributed by atoms with E-state index in [0.29, 0.717) is 0 Å². The zero-order chi connectivity index (χ0) is 39.7. The first kappa shape index (κ1) is 30.9. The van der Waals surface area contributed by atoms with Gasteiger partial charge in [0, 0.05) is 0 Å². The number of hydrogen-bond donors (Lipinski definition) is 0. The minimum Gasteiger partial charge on any atom is -0.0616 e. The molecule has 17 aromatic rings. The molecule has 17 aromatic carbocycles. The van der Waals surface area contributed by atoms with E-state index in [-0.39, 0.29) is 0 Å². The van der Waals surface area contributed by atoms with Crippen molar-refractivity contribution in [1.29, 1.82) is 0 Å². The van der Waals surface area contributed by atoms with Crippen LogP contribution in [0, 0.1) is 0 Å². The standard InChI is InChI=1S/C62H30/c1-3-12-37-31(9-1)21-24-45-43-18-8-17-42-41-16-7-11-32-22-26-46-48-30-47-36(28-49(48)60(54(37)45)62(56(42)43)58(46)51(32)41)29-50-55-38-13-4-2-10-34(38)27-35-20-19-33-23-25-44-39-14-5-6-15-40(39)57(47)61(50)59(44)52(33)53(35)55/h1-30H. The molecule has 0 saturated carbocycles. The third-order valence-corrected chi connectivity index (χ3v) is 15.5. The quantitative estimate of drug-likeness (QED) is 0.106. The average molecular weight is 775 g/mol. The molecule has 0 atom stereocenters. The summed E-state index contributed by atoms with van der Waals surface area (Å²) in [5.41, 5.74) is 0. The minimum absolute atomic E-state index is 1.28. The molecule has 0 spiro atoms. The molecule has 0 aliphatic carbocycles. The van der Waals surface area contributed by atoms with Crippen molar-refractivity contribution in [2.24, 2.45) is 0 Å². The molecular formula is C62H30. The molecule has 62 heavy (non-hydrogen) atoms. The molecule has 278 valence electrons. The van der Waals surface area contributed by atoms with E-state index in [4.69, 9.17) is 0 Å². The molecule has 0 radical (unpaired) electrons. The van der Waals surface area contributed by atoms with Crippen LogP contribution >= 0.6 is 0 Å². The molecule has 0 fully saturated rings. The normalized spacial score (nSPS) is 13.2. The van der Waals surface area contributed by atoms with Crippen LogP contribution in [0.5, 0.6) is 0 Å². The monoisotopic (exact) mass is 774 g/mol. The zero-order valence-corrected chi connectivity index (χ0v) is 33.3. The van der Waals surface area contributed by atoms with Crippen molar-refractivity contribution < 1.29 is 0 Å². The van der Waals surface area contributed by atoms with E-state index in [1.807, 2.05) is 0 Å². The van der Waals surface area contributed by atoms with Crippen molar-refractivity contribution in [3.8, 4) is 0 Å². The van der Waals surface area contributed by atoms with Gasteiger partial charge in [-0.05, 0) is 197 Å². The van der Waals surface area contributed by atoms with Crippen molar-refractivity contribution in [3.63, 3.8) is 0 Å². The van der Waals surface area contributed by atoms with E-state index < -0.39 is 0 Å². The van der Waals surface area contributed by atoms with Gasteiger partial charge in [0.1, 0.15) is 0 Å². The van der Waals surface area contributed by atoms with E-state index in [1.165, 1.54) is 172 Å². The Morgan fingerprint density at radius 3 is 1.37 bits per heavy atom. The summed E-state index contributed by atoms with van der Waals surface area (Å²) in [6, 6.07) is 70.4. The van der Waals surface area contributed by atoms with Crippen LogP contribution in [0.15, 0.2) is 182 Å². The molecular weight excluding hydrogens is 745 g/mol. The van der Waals surface area contributed by atoms with Crippen molar-refractivity contribution in [2.45, 2.75) is 0 Å². The van der Waals surface area contributed by atoms with Gasteiger partial charge in [-0.3, -0.25) is 0 Å². The fourth-order valence-electron chi connectivity index (χ4n) is 13.2. The summed E-state index contributed by atoms with van der Waals surface area (Å²) >= 11 is 0. The largest absolute Gasteiger partial charge is 0.0616 e. The first-order valence-electron chi connectivity index (χ1n) is 21.9. The summed E-state index contributed by atoms with van der Waals surface area (Å²) in [5.74, 6) is 0. The van der Waals surface area contributed by atoms with Crippen molar-refractivity contribution in [3.05, 3.63) is 182 Å². The Kier molecular flexibility index (Phi) is 5.12. The highest BCUT2D eigenvalue weighted by Gasteiger charge is 2.26. The molecule has 0 aliphatic heterocycles. The maximum absolute atomic E-state index is 2.60. The zero-order valence-electron chi connectivity index (χ0n) is 33.3. The fraction of sp³-hybridized carbons (Fsp3) is 0. The van der Waals surface area contributed by atoms with E-state index in [2.05, 4.69) is 182 Å². The number of hydrogen-bond acceptors (Lipinski definition) is 0. The Bertz CT molecular complexity index is 4890. The van der Waals surface area contributed by atoms with Gasteiger partial charge in [-0.1, -0.05) is 158 Å². The summed E-state index contributed by atoms with van der Waals surface area (Å²) in [4.78, 5) is 0. The molecule has 0 amide bonds. The first-order valence-corrected chi connectivity index (χ1v) is 21.9. The topological polar surface area (TPSA) is 0 Å². The summed E-state index contributed by atoms with van der Waals surface area (Å²) in [5, 5.41) is 43.0. The average Bonchev–Trinajstić information content (AvgIpc) is 3.33. The van der Waals surface area contributed by atoms with Gasteiger partial charge >= 0.3 is 0 Å². The molecule has 0 heterocycles. The highest BCUT2D eigenvalue weighted by atomic mass is 14.3. The van der Waals surface area contributed by atoms with E-state index >= 15 is 0 Å². The lowest BCUT2D eigenvalue weighted by molar-refractivity contribution is 1.80. The van der Waals surface area contributed by atoms with Gasteiger partial charge in [0.2, 0.25) is 0 Å². The Labute approximate surface area is 352 Å². The van der Waals surface area contributed by atoms with Crippen LogP contribution in [-0.4, -0.2) is 0 Å². The smallest absolute Gasteiger partial charge is 0.0000937 e. The molecule has 0 saturated heterocycles. The van der Waals surface area contributed by atoms with E-state index in [1.54, 1.807) is 0 Å². The second-order valence-corrected chi connectivity index (χ2v) is 18.1. The molecule has 0 aromatic heterocycles. The minimum atomic E-state index is 1.28. The number of benzene rings is 17. The van der Waals surface area contributed by atoms with Gasteiger partial charge in [0.15, 0.2) is 0 Å². The van der Waals surface area contributed by atoms with Crippen LogP contribution < -0.4 is 0 Å². The van der Waals surface area contributed by atoms with Crippen LogP contribution in [0.1, 0.15) is 0 Å². The maximum Gasteiger partial charge on any atom is -0.0000937 e. The molecule has 0 aliphatic rings. The SMILES string of the molecule is c1ccc2c(c1)cc1ccc3ccc4c5ccccc5c5c6cc7c8ccc9cccc%10c%11cccc%12c%13ccc%14ccccc%14c%13c(c7cc6cc6c2c1c3c4c65)c(c%11%12)c8c9%10. The van der Waals surface area contributed by atoms with Gasteiger partial charge in [-0.25, -0.2) is 0 Å². The molecule has 0 N–H and O–H groups in total. The third kappa shape index (κ3) is 3.34. The number of rotatable bonds is 0. The predicted octanol–water partition coefficient (Wildman–Crippen LogP) is 17.9. The van der Waals surface area contributed by atoms with Gasteiger partial charge in [-0.2, -0.15) is 0 Å². The molecule has 0 bridgehead atoms. The Morgan fingerprint density at radius 2 is 0.548 bits per heavy atom. The second-order valence-electron chi connectivity index (χ2n) is 18.1. The second kappa shape index (κ2) is 10.3. The lowest BCUT2D eigenvalue weighted by Crippen LogP contribution is -1.95. The lowest BCUT2D eigenvalue weighted by atomic mass is 9.78. The van der Waals surface area contributed by atoms with Crippen LogP contribution in [0.3, 0.4) is 0 Å². The Hall–Kier alpha value is -8.06. The first-order chi connectivity index (χ1) is 30.8. The van der Waals surface area contributed by atoms with Crippen LogP contribution in [0.4, 0.5) is 0 Å². The summed E-state index contributed by atoms with van der Waals surface area (Å²) < 4.78 is 0. The number of fused-ring (bicyclic) bond motifs is 17. The molecule has 0 nitrogen and oxygen atoms in total. The Balaban J connectivity index is 1.23. The highest BCUT2D eigenvalue weighted by Crippen LogP contribution is 2.55. The highest BCUT2D eigenvalue weighted by molar-refractivity contribution is 6.53. The third-order valence-electron chi connectivity index (χ3n) is 15.5. The summed E-state index contributed by atoms with van der Waals surface area (Å²) in [7, 11) is 0. The molecule has 0 unspecified atom stereocenters. The lowest BCUT2D eigenvalue weighted by Gasteiger charge is -2.24. The van der Waals surface area contributed by atoms with Gasteiger partial charge in [-0.15, -0.1) is 0 Å². The van der Waals surface area contributed by atoms with Crippen LogP contribution in [0.25, 0.3) is 172 Å². The van der Waals surface area contributed by atoms with Crippen molar-refractivity contribution in [2.75, 3.05) is 0 Å². The van der Waals surface area contributed by atoms with Crippen LogP contribution in [0.2, 0.25) is 0 Å². The van der Waals surface area contributed by atoms with Gasteiger partial charge < -0.3 is 0 Å². The van der Waals surface area contributed by atoms with Crippen LogP contribution in [-0.2, 0) is 0 Å². The Morgan fingerprint density at radius 1 is 0.129 bits per heavy atom. The van der Waals surface area contributed by atoms with Gasteiger partial charge in [0.05, 0.1) is 0 Å². The van der Waals surface area contributed by atoms with E-state index in [9.17, 15) is 0 Å². The molecule has 17 rings (SSSR count).